The van der Waals surface area contributed by atoms with E-state index in [2.05, 4.69) is 22.1 Å². The maximum absolute atomic E-state index is 13.0. The van der Waals surface area contributed by atoms with Crippen LogP contribution in [-0.4, -0.2) is 46.2 Å². The Bertz CT molecular complexity index is 1010. The van der Waals surface area contributed by atoms with E-state index in [-0.39, 0.29) is 11.8 Å². The van der Waals surface area contributed by atoms with Gasteiger partial charge in [0.05, 0.1) is 19.2 Å². The van der Waals surface area contributed by atoms with Crippen LogP contribution in [0.15, 0.2) is 40.9 Å². The van der Waals surface area contributed by atoms with Crippen molar-refractivity contribution in [3.8, 4) is 5.75 Å². The monoisotopic (exact) mass is 422 g/mol. The summed E-state index contributed by atoms with van der Waals surface area (Å²) in [7, 11) is 1.66. The molecule has 3 aromatic rings. The van der Waals surface area contributed by atoms with Crippen molar-refractivity contribution in [2.45, 2.75) is 51.4 Å². The summed E-state index contributed by atoms with van der Waals surface area (Å²) in [5.74, 6) is 2.44. The summed E-state index contributed by atoms with van der Waals surface area (Å²) in [5.41, 5.74) is 2.63. The first-order chi connectivity index (χ1) is 15.2. The molecule has 3 heterocycles. The highest BCUT2D eigenvalue weighted by Gasteiger charge is 2.29. The lowest BCUT2D eigenvalue weighted by Crippen LogP contribution is -2.39. The van der Waals surface area contributed by atoms with E-state index in [4.69, 9.17) is 9.15 Å². The summed E-state index contributed by atoms with van der Waals surface area (Å²) < 4.78 is 11.4. The van der Waals surface area contributed by atoms with Crippen LogP contribution < -0.4 is 4.74 Å². The number of piperidine rings is 1. The van der Waals surface area contributed by atoms with E-state index < -0.39 is 0 Å². The molecule has 1 unspecified atom stereocenters. The molecule has 0 radical (unpaired) electrons. The number of hydrogen-bond acceptors (Lipinski definition) is 5. The Morgan fingerprint density at radius 3 is 3.10 bits per heavy atom. The number of aromatic amines is 1. The molecule has 0 bridgehead atoms. The fraction of sp³-hybridized carbons (Fsp3) is 0.458. The molecular formula is C24H30N4O3. The van der Waals surface area contributed by atoms with Gasteiger partial charge in [-0.15, -0.1) is 0 Å². The summed E-state index contributed by atoms with van der Waals surface area (Å²) in [6.07, 6.45) is 7.47. The van der Waals surface area contributed by atoms with Crippen LogP contribution in [0.2, 0.25) is 0 Å². The van der Waals surface area contributed by atoms with Crippen LogP contribution in [-0.2, 0) is 12.8 Å². The minimum Gasteiger partial charge on any atom is -0.497 e. The number of nitrogens with one attached hydrogen (secondary N) is 1. The predicted molar refractivity (Wildman–Crippen MR) is 117 cm³/mol. The van der Waals surface area contributed by atoms with Gasteiger partial charge in [0.1, 0.15) is 17.2 Å². The summed E-state index contributed by atoms with van der Waals surface area (Å²) in [6.45, 7) is 3.50. The van der Waals surface area contributed by atoms with Crippen molar-refractivity contribution >= 4 is 5.91 Å². The molecule has 1 saturated heterocycles. The molecule has 31 heavy (non-hydrogen) atoms. The highest BCUT2D eigenvalue weighted by atomic mass is 16.5. The number of benzene rings is 1. The molecule has 1 N–H and O–H groups in total. The third-order valence-electron chi connectivity index (χ3n) is 5.79. The van der Waals surface area contributed by atoms with Gasteiger partial charge in [-0.1, -0.05) is 25.5 Å². The van der Waals surface area contributed by atoms with Gasteiger partial charge in [0.2, 0.25) is 0 Å². The quantitative estimate of drug-likeness (QED) is 0.583. The molecule has 1 atom stereocenters. The van der Waals surface area contributed by atoms with Crippen LogP contribution in [0, 0.1) is 0 Å². The van der Waals surface area contributed by atoms with Crippen molar-refractivity contribution in [3.05, 3.63) is 65.1 Å². The number of carbonyl (C=O) groups excluding carboxylic acids is 1. The van der Waals surface area contributed by atoms with E-state index in [0.29, 0.717) is 24.6 Å². The maximum atomic E-state index is 13.0. The second-order valence-electron chi connectivity index (χ2n) is 8.17. The van der Waals surface area contributed by atoms with E-state index >= 15 is 0 Å². The van der Waals surface area contributed by atoms with Crippen LogP contribution in [0.5, 0.6) is 5.75 Å². The van der Waals surface area contributed by atoms with E-state index in [1.54, 1.807) is 13.3 Å². The third kappa shape index (κ3) is 5.16. The maximum Gasteiger partial charge on any atom is 0.274 e. The summed E-state index contributed by atoms with van der Waals surface area (Å²) in [6, 6.07) is 9.83. The van der Waals surface area contributed by atoms with Crippen molar-refractivity contribution in [3.63, 3.8) is 0 Å². The molecule has 1 aliphatic heterocycles. The lowest BCUT2D eigenvalue weighted by atomic mass is 9.97. The summed E-state index contributed by atoms with van der Waals surface area (Å²) >= 11 is 0. The van der Waals surface area contributed by atoms with Gasteiger partial charge in [-0.3, -0.25) is 9.89 Å². The zero-order valence-electron chi connectivity index (χ0n) is 18.3. The first kappa shape index (κ1) is 21.2. The Morgan fingerprint density at radius 1 is 1.35 bits per heavy atom. The highest BCUT2D eigenvalue weighted by Crippen LogP contribution is 2.28. The highest BCUT2D eigenvalue weighted by molar-refractivity contribution is 5.92. The number of methoxy groups -OCH3 is 1. The topological polar surface area (TPSA) is 84.2 Å². The molecule has 164 valence electrons. The van der Waals surface area contributed by atoms with Gasteiger partial charge in [0, 0.05) is 25.2 Å². The number of aryl methyl sites for hydroxylation is 1. The van der Waals surface area contributed by atoms with Crippen molar-refractivity contribution < 1.29 is 13.9 Å². The average molecular weight is 423 g/mol. The first-order valence-electron chi connectivity index (χ1n) is 11.1. The minimum absolute atomic E-state index is 0.0214. The number of amides is 1. The van der Waals surface area contributed by atoms with Gasteiger partial charge in [0.25, 0.3) is 5.91 Å². The zero-order chi connectivity index (χ0) is 21.6. The molecule has 1 aromatic carbocycles. The van der Waals surface area contributed by atoms with Gasteiger partial charge in [0.15, 0.2) is 5.89 Å². The van der Waals surface area contributed by atoms with Crippen molar-refractivity contribution in [2.24, 2.45) is 0 Å². The molecule has 1 amide bonds. The summed E-state index contributed by atoms with van der Waals surface area (Å²) in [4.78, 5) is 19.4. The number of nitrogens with zero attached hydrogens (tertiary/aromatic N) is 3. The van der Waals surface area contributed by atoms with Crippen molar-refractivity contribution in [2.75, 3.05) is 20.2 Å². The average Bonchev–Trinajstić information content (AvgIpc) is 3.47. The Balaban J connectivity index is 1.39. The van der Waals surface area contributed by atoms with Crippen molar-refractivity contribution in [1.29, 1.82) is 0 Å². The molecular weight excluding hydrogens is 392 g/mol. The lowest BCUT2D eigenvalue weighted by Gasteiger charge is -2.30. The van der Waals surface area contributed by atoms with Crippen LogP contribution in [0.3, 0.4) is 0 Å². The van der Waals surface area contributed by atoms with Gasteiger partial charge < -0.3 is 14.1 Å². The molecule has 7 nitrogen and oxygen atoms in total. The molecule has 1 aliphatic rings. The largest absolute Gasteiger partial charge is 0.497 e. The standard InChI is InChI=1S/C24H30N4O3/c1-3-4-9-19-14-22(27-26-19)24(29)28-11-6-8-18(16-28)23-25-15-21(31-23)13-17-7-5-10-20(12-17)30-2/h5,7,10,12,14-15,18H,3-4,6,8-9,11,13,16H2,1-2H3,(H,26,27). The van der Waals surface area contributed by atoms with E-state index in [0.717, 1.165) is 61.4 Å². The van der Waals surface area contributed by atoms with Crippen LogP contribution in [0.1, 0.15) is 71.9 Å². The van der Waals surface area contributed by atoms with E-state index in [1.807, 2.05) is 35.2 Å². The third-order valence-corrected chi connectivity index (χ3v) is 5.79. The number of ether oxygens (including phenoxy) is 1. The van der Waals surface area contributed by atoms with Crippen LogP contribution in [0.4, 0.5) is 0 Å². The molecule has 2 aromatic heterocycles. The van der Waals surface area contributed by atoms with Crippen LogP contribution in [0.25, 0.3) is 0 Å². The number of unbranched alkanes of at least 4 members (excludes halogenated alkanes) is 1. The number of carbonyl (C=O) groups is 1. The minimum atomic E-state index is -0.0214. The second kappa shape index (κ2) is 9.81. The SMILES string of the molecule is CCCCc1cc(C(=O)N2CCCC(c3ncc(Cc4cccc(OC)c4)o3)C2)n[nH]1. The fourth-order valence-corrected chi connectivity index (χ4v) is 4.07. The van der Waals surface area contributed by atoms with E-state index in [1.165, 1.54) is 0 Å². The van der Waals surface area contributed by atoms with E-state index in [9.17, 15) is 4.79 Å². The number of hydrogen-bond donors (Lipinski definition) is 1. The van der Waals surface area contributed by atoms with Gasteiger partial charge >= 0.3 is 0 Å². The zero-order valence-corrected chi connectivity index (χ0v) is 18.3. The Kier molecular flexibility index (Phi) is 6.70. The number of aromatic nitrogens is 3. The Morgan fingerprint density at radius 2 is 2.26 bits per heavy atom. The number of H-pyrrole nitrogens is 1. The smallest absolute Gasteiger partial charge is 0.274 e. The summed E-state index contributed by atoms with van der Waals surface area (Å²) in [5, 5.41) is 7.24. The lowest BCUT2D eigenvalue weighted by molar-refractivity contribution is 0.0692. The Labute approximate surface area is 182 Å². The van der Waals surface area contributed by atoms with Gasteiger partial charge in [-0.2, -0.15) is 5.10 Å². The second-order valence-corrected chi connectivity index (χ2v) is 8.17. The molecule has 0 spiro atoms. The van der Waals surface area contributed by atoms with Gasteiger partial charge in [-0.25, -0.2) is 4.98 Å². The molecule has 0 saturated carbocycles. The molecule has 7 heteroatoms. The molecule has 4 rings (SSSR count). The normalized spacial score (nSPS) is 16.5. The van der Waals surface area contributed by atoms with Crippen LogP contribution >= 0.6 is 0 Å². The fourth-order valence-electron chi connectivity index (χ4n) is 4.07. The van der Waals surface area contributed by atoms with Crippen molar-refractivity contribution in [1.82, 2.24) is 20.1 Å². The number of oxazole rings is 1. The first-order valence-corrected chi connectivity index (χ1v) is 11.1. The van der Waals surface area contributed by atoms with Gasteiger partial charge in [-0.05, 0) is 49.4 Å². The molecule has 1 fully saturated rings. The predicted octanol–water partition coefficient (Wildman–Crippen LogP) is 4.36. The number of likely N-dealkylation sites (tertiary alicyclic amines) is 1. The Hall–Kier alpha value is -3.09. The molecule has 0 aliphatic carbocycles. The number of rotatable bonds is 8.